The summed E-state index contributed by atoms with van der Waals surface area (Å²) in [4.78, 5) is 4.42. The van der Waals surface area contributed by atoms with Crippen LogP contribution in [0.3, 0.4) is 0 Å². The van der Waals surface area contributed by atoms with E-state index in [1.807, 2.05) is 42.5 Å². The third kappa shape index (κ3) is 7.37. The number of guanidine groups is 1. The number of hydrogen-bond donors (Lipinski definition) is 2. The zero-order chi connectivity index (χ0) is 28.2. The van der Waals surface area contributed by atoms with Crippen molar-refractivity contribution in [1.82, 2.24) is 9.73 Å². The van der Waals surface area contributed by atoms with E-state index in [0.29, 0.717) is 15.8 Å². The molecule has 1 aliphatic rings. The summed E-state index contributed by atoms with van der Waals surface area (Å²) in [5.74, 6) is -0.252. The molecule has 206 valence electrons. The van der Waals surface area contributed by atoms with E-state index in [0.717, 1.165) is 11.1 Å². The smallest absolute Gasteiger partial charge is 0.251 e. The Balaban J connectivity index is 1.72. The van der Waals surface area contributed by atoms with Crippen LogP contribution in [0.1, 0.15) is 30.4 Å². The molecule has 3 aromatic rings. The molecule has 1 heterocycles. The lowest BCUT2D eigenvalue weighted by Gasteiger charge is -2.20. The van der Waals surface area contributed by atoms with E-state index in [9.17, 15) is 16.8 Å². The van der Waals surface area contributed by atoms with Gasteiger partial charge in [0, 0.05) is 22.5 Å². The van der Waals surface area contributed by atoms with E-state index in [4.69, 9.17) is 33.4 Å². The second kappa shape index (κ2) is 12.1. The Morgan fingerprint density at radius 2 is 1.59 bits per heavy atom. The molecule has 1 aliphatic heterocycles. The number of primary sulfonamides is 1. The fraction of sp³-hybridized carbons (Fsp3) is 0.231. The van der Waals surface area contributed by atoms with Crippen molar-refractivity contribution in [3.8, 4) is 0 Å². The number of nitrogens with zero attached hydrogens (tertiary/aromatic N) is 3. The van der Waals surface area contributed by atoms with Gasteiger partial charge in [-0.1, -0.05) is 65.7 Å². The molecule has 0 spiro atoms. The molecule has 1 unspecified atom stereocenters. The van der Waals surface area contributed by atoms with E-state index in [2.05, 4.69) is 9.71 Å². The normalized spacial score (nSPS) is 17.1. The number of nitrogens with two attached hydrogens (primary N) is 1. The number of rotatable bonds is 8. The molecular weight excluding hydrogens is 581 g/mol. The van der Waals surface area contributed by atoms with Gasteiger partial charge in [-0.2, -0.15) is 5.10 Å². The SMILES string of the molecule is CC(CCN=C(NS(=O)(=O)c1ccc(Cl)cc1)N1C[C@@H](c2ccccc2)C(c2ccc(Cl)cc2)=N1)S(N)(=O)=O. The molecule has 0 amide bonds. The number of aliphatic imine (C=N–C) groups is 1. The molecule has 0 bridgehead atoms. The van der Waals surface area contributed by atoms with Gasteiger partial charge < -0.3 is 0 Å². The highest BCUT2D eigenvalue weighted by Gasteiger charge is 2.33. The van der Waals surface area contributed by atoms with E-state index in [1.54, 1.807) is 12.1 Å². The van der Waals surface area contributed by atoms with Gasteiger partial charge in [-0.25, -0.2) is 31.7 Å². The minimum atomic E-state index is -4.07. The lowest BCUT2D eigenvalue weighted by atomic mass is 9.91. The summed E-state index contributed by atoms with van der Waals surface area (Å²) in [6.07, 6.45) is 0.0920. The monoisotopic (exact) mass is 607 g/mol. The molecule has 9 nitrogen and oxygen atoms in total. The number of benzene rings is 3. The third-order valence-electron chi connectivity index (χ3n) is 6.21. The molecular formula is C26H27Cl2N5O4S2. The largest absolute Gasteiger partial charge is 0.264 e. The van der Waals surface area contributed by atoms with Crippen molar-refractivity contribution in [1.29, 1.82) is 0 Å². The van der Waals surface area contributed by atoms with Gasteiger partial charge in [0.25, 0.3) is 10.0 Å². The number of sulfonamides is 2. The molecule has 13 heteroatoms. The van der Waals surface area contributed by atoms with Gasteiger partial charge in [0.15, 0.2) is 0 Å². The molecule has 0 saturated carbocycles. The highest BCUT2D eigenvalue weighted by atomic mass is 35.5. The van der Waals surface area contributed by atoms with Crippen molar-refractivity contribution in [2.24, 2.45) is 15.2 Å². The summed E-state index contributed by atoms with van der Waals surface area (Å²) in [7, 11) is -7.84. The fourth-order valence-corrected chi connectivity index (χ4v) is 5.65. The molecule has 2 atom stereocenters. The zero-order valence-corrected chi connectivity index (χ0v) is 24.1. The van der Waals surface area contributed by atoms with Crippen molar-refractivity contribution in [2.45, 2.75) is 29.4 Å². The molecule has 3 aromatic carbocycles. The van der Waals surface area contributed by atoms with Crippen LogP contribution >= 0.6 is 23.2 Å². The molecule has 0 saturated heterocycles. The average Bonchev–Trinajstić information content (AvgIpc) is 3.34. The van der Waals surface area contributed by atoms with Crippen molar-refractivity contribution in [3.63, 3.8) is 0 Å². The van der Waals surface area contributed by atoms with Crippen LogP contribution in [0.25, 0.3) is 0 Å². The van der Waals surface area contributed by atoms with E-state index < -0.39 is 25.3 Å². The van der Waals surface area contributed by atoms with Crippen LogP contribution in [0.15, 0.2) is 93.9 Å². The maximum Gasteiger partial charge on any atom is 0.264 e. The summed E-state index contributed by atoms with van der Waals surface area (Å²) in [5.41, 5.74) is 2.50. The number of hydrazone groups is 1. The molecule has 4 rings (SSSR count). The minimum Gasteiger partial charge on any atom is -0.251 e. The lowest BCUT2D eigenvalue weighted by molar-refractivity contribution is 0.460. The molecule has 3 N–H and O–H groups in total. The molecule has 0 fully saturated rings. The van der Waals surface area contributed by atoms with Crippen LogP contribution in [-0.2, 0) is 20.0 Å². The van der Waals surface area contributed by atoms with Gasteiger partial charge in [-0.3, -0.25) is 4.99 Å². The summed E-state index contributed by atoms with van der Waals surface area (Å²) < 4.78 is 52.5. The predicted octanol–water partition coefficient (Wildman–Crippen LogP) is 4.20. The summed E-state index contributed by atoms with van der Waals surface area (Å²) in [6.45, 7) is 1.75. The molecule has 39 heavy (non-hydrogen) atoms. The van der Waals surface area contributed by atoms with Gasteiger partial charge in [0.1, 0.15) is 0 Å². The van der Waals surface area contributed by atoms with Crippen LogP contribution in [-0.4, -0.2) is 51.9 Å². The first-order valence-electron chi connectivity index (χ1n) is 12.0. The van der Waals surface area contributed by atoms with Gasteiger partial charge in [0.2, 0.25) is 16.0 Å². The number of halogens is 2. The second-order valence-corrected chi connectivity index (χ2v) is 13.5. The van der Waals surface area contributed by atoms with Gasteiger partial charge >= 0.3 is 0 Å². The first-order valence-corrected chi connectivity index (χ1v) is 15.8. The Bertz CT molecular complexity index is 1580. The van der Waals surface area contributed by atoms with Crippen LogP contribution in [0, 0.1) is 0 Å². The van der Waals surface area contributed by atoms with E-state index >= 15 is 0 Å². The van der Waals surface area contributed by atoms with Gasteiger partial charge in [-0.05, 0) is 60.9 Å². The first kappa shape index (κ1) is 29.0. The van der Waals surface area contributed by atoms with Crippen LogP contribution in [0.5, 0.6) is 0 Å². The standard InChI is InChI=1S/C26H27Cl2N5O4S2/c1-18(38(29,34)35)15-16-30-26(32-39(36,37)23-13-11-22(28)12-14-23)33-17-24(19-5-3-2-4-6-19)25(31-33)20-7-9-21(27)10-8-20/h2-14,18,24H,15-17H2,1H3,(H,30,32)(H2,29,34,35)/t18?,24-/m0/s1. The Morgan fingerprint density at radius 3 is 2.18 bits per heavy atom. The highest BCUT2D eigenvalue weighted by Crippen LogP contribution is 2.29. The van der Waals surface area contributed by atoms with E-state index in [1.165, 1.54) is 36.2 Å². The topological polar surface area (TPSA) is 134 Å². The van der Waals surface area contributed by atoms with Crippen molar-refractivity contribution in [3.05, 3.63) is 100 Å². The summed E-state index contributed by atoms with van der Waals surface area (Å²) >= 11 is 12.0. The first-order chi connectivity index (χ1) is 18.4. The van der Waals surface area contributed by atoms with E-state index in [-0.39, 0.29) is 36.3 Å². The molecule has 0 radical (unpaired) electrons. The lowest BCUT2D eigenvalue weighted by Crippen LogP contribution is -2.41. The maximum absolute atomic E-state index is 13.3. The summed E-state index contributed by atoms with van der Waals surface area (Å²) in [5, 5.41) is 11.6. The van der Waals surface area contributed by atoms with Crippen LogP contribution in [0.4, 0.5) is 0 Å². The van der Waals surface area contributed by atoms with Crippen molar-refractivity contribution in [2.75, 3.05) is 13.1 Å². The quantitative estimate of drug-likeness (QED) is 0.292. The third-order valence-corrected chi connectivity index (χ3v) is 9.41. The van der Waals surface area contributed by atoms with Crippen molar-refractivity contribution >= 4 is 54.9 Å². The number of nitrogens with one attached hydrogen (secondary N) is 1. The number of hydrogen-bond acceptors (Lipinski definition) is 6. The van der Waals surface area contributed by atoms with Crippen LogP contribution in [0.2, 0.25) is 10.0 Å². The fourth-order valence-electron chi connectivity index (χ4n) is 3.94. The molecule has 0 aromatic heterocycles. The van der Waals surface area contributed by atoms with Gasteiger partial charge in [0.05, 0.1) is 22.4 Å². The summed E-state index contributed by atoms with van der Waals surface area (Å²) in [6, 6.07) is 22.6. The maximum atomic E-state index is 13.3. The zero-order valence-electron chi connectivity index (χ0n) is 20.9. The minimum absolute atomic E-state index is 0.00559. The second-order valence-electron chi connectivity index (χ2n) is 8.99. The predicted molar refractivity (Wildman–Crippen MR) is 155 cm³/mol. The molecule has 0 aliphatic carbocycles. The average molecular weight is 609 g/mol. The van der Waals surface area contributed by atoms with Crippen molar-refractivity contribution < 1.29 is 16.8 Å². The Kier molecular flexibility index (Phi) is 8.97. The highest BCUT2D eigenvalue weighted by molar-refractivity contribution is 7.90. The van der Waals surface area contributed by atoms with Crippen LogP contribution < -0.4 is 9.86 Å². The van der Waals surface area contributed by atoms with Gasteiger partial charge in [-0.15, -0.1) is 0 Å². The Hall–Kier alpha value is -2.96. The Labute approximate surface area is 238 Å². The Morgan fingerprint density at radius 1 is 1.00 bits per heavy atom.